The molecule has 0 aliphatic heterocycles. The quantitative estimate of drug-likeness (QED) is 0.540. The van der Waals surface area contributed by atoms with Crippen LogP contribution in [0.25, 0.3) is 0 Å². The first-order valence-corrected chi connectivity index (χ1v) is 7.01. The summed E-state index contributed by atoms with van der Waals surface area (Å²) in [4.78, 5) is 0. The van der Waals surface area contributed by atoms with Crippen molar-refractivity contribution in [1.82, 2.24) is 0 Å². The van der Waals surface area contributed by atoms with Crippen molar-refractivity contribution in [2.24, 2.45) is 0 Å². The molecule has 5 nitrogen and oxygen atoms in total. The van der Waals surface area contributed by atoms with E-state index in [2.05, 4.69) is 13.8 Å². The van der Waals surface area contributed by atoms with Crippen molar-refractivity contribution in [3.8, 4) is 0 Å². The van der Waals surface area contributed by atoms with Gasteiger partial charge in [-0.25, -0.2) is 0 Å². The van der Waals surface area contributed by atoms with Gasteiger partial charge < -0.3 is 5.48 Å². The van der Waals surface area contributed by atoms with Gasteiger partial charge in [-0.15, -0.1) is 0 Å². The van der Waals surface area contributed by atoms with Gasteiger partial charge in [-0.2, -0.15) is 8.42 Å². The summed E-state index contributed by atoms with van der Waals surface area (Å²) in [6.07, 6.45) is 11.5. The van der Waals surface area contributed by atoms with Gasteiger partial charge in [0.1, 0.15) is 0 Å². The van der Waals surface area contributed by atoms with Gasteiger partial charge in [-0.1, -0.05) is 65.2 Å². The minimum absolute atomic E-state index is 0. The predicted molar refractivity (Wildman–Crippen MR) is 66.1 cm³/mol. The minimum atomic E-state index is -4.67. The van der Waals surface area contributed by atoms with Crippen LogP contribution in [0.3, 0.4) is 0 Å². The van der Waals surface area contributed by atoms with Crippen LogP contribution in [-0.4, -0.2) is 23.0 Å². The molecule has 0 spiro atoms. The molecule has 0 unspecified atom stereocenters. The number of hydrogen-bond donors (Lipinski definition) is 2. The number of unbranched alkanes of at least 4 members (excludes halogenated alkanes) is 7. The van der Waals surface area contributed by atoms with Crippen molar-refractivity contribution < 1.29 is 23.0 Å². The Morgan fingerprint density at radius 2 is 0.938 bits per heavy atom. The smallest absolute Gasteiger partial charge is 0.394 e. The second-order valence-corrected chi connectivity index (χ2v) is 4.46. The van der Waals surface area contributed by atoms with Crippen LogP contribution in [0.5, 0.6) is 0 Å². The van der Waals surface area contributed by atoms with Gasteiger partial charge in [0, 0.05) is 0 Å². The van der Waals surface area contributed by atoms with Crippen molar-refractivity contribution in [2.75, 3.05) is 0 Å². The SMILES string of the molecule is CCCCCCCCCC.O.O=S(=O)(O)O. The van der Waals surface area contributed by atoms with Crippen LogP contribution < -0.4 is 0 Å². The predicted octanol–water partition coefficient (Wildman–Crippen LogP) is 2.67. The molecule has 0 saturated heterocycles. The minimum Gasteiger partial charge on any atom is -0.412 e. The third-order valence-electron chi connectivity index (χ3n) is 1.96. The summed E-state index contributed by atoms with van der Waals surface area (Å²) < 4.78 is 31.6. The first kappa shape index (κ1) is 21.1. The van der Waals surface area contributed by atoms with Crippen LogP contribution in [0, 0.1) is 0 Å². The van der Waals surface area contributed by atoms with Crippen LogP contribution >= 0.6 is 0 Å². The van der Waals surface area contributed by atoms with Crippen LogP contribution in [0.1, 0.15) is 65.2 Å². The molecule has 0 aliphatic carbocycles. The Labute approximate surface area is 99.1 Å². The number of hydrogen-bond acceptors (Lipinski definition) is 2. The molecule has 0 saturated carbocycles. The molecule has 16 heavy (non-hydrogen) atoms. The number of rotatable bonds is 7. The van der Waals surface area contributed by atoms with Crippen LogP contribution in [0.15, 0.2) is 0 Å². The Morgan fingerprint density at radius 3 is 1.12 bits per heavy atom. The molecule has 0 bridgehead atoms. The summed E-state index contributed by atoms with van der Waals surface area (Å²) in [6.45, 7) is 4.54. The van der Waals surface area contributed by atoms with E-state index < -0.39 is 10.4 Å². The lowest BCUT2D eigenvalue weighted by Crippen LogP contribution is -1.89. The largest absolute Gasteiger partial charge is 0.412 e. The Bertz CT molecular complexity index is 185. The lowest BCUT2D eigenvalue weighted by molar-refractivity contribution is 0.381. The molecule has 0 fully saturated rings. The zero-order valence-electron chi connectivity index (χ0n) is 10.3. The average molecular weight is 258 g/mol. The highest BCUT2D eigenvalue weighted by atomic mass is 32.3. The topological polar surface area (TPSA) is 106 Å². The third kappa shape index (κ3) is 48.8. The fraction of sp³-hybridized carbons (Fsp3) is 1.00. The second-order valence-electron chi connectivity index (χ2n) is 3.57. The molecule has 0 aromatic rings. The van der Waals surface area contributed by atoms with Crippen molar-refractivity contribution in [1.29, 1.82) is 0 Å². The zero-order chi connectivity index (χ0) is 12.2. The molecule has 0 atom stereocenters. The maximum Gasteiger partial charge on any atom is 0.394 e. The molecule has 0 amide bonds. The molecule has 0 aliphatic rings. The molecular formula is C10H26O5S. The first-order chi connectivity index (χ1) is 6.91. The van der Waals surface area contributed by atoms with E-state index in [0.717, 1.165) is 0 Å². The normalized spacial score (nSPS) is 10.0. The maximum atomic E-state index is 8.74. The Hall–Kier alpha value is -0.170. The molecule has 4 N–H and O–H groups in total. The van der Waals surface area contributed by atoms with Gasteiger partial charge in [-0.3, -0.25) is 9.11 Å². The van der Waals surface area contributed by atoms with Crippen molar-refractivity contribution in [3.63, 3.8) is 0 Å². The second kappa shape index (κ2) is 14.8. The summed E-state index contributed by atoms with van der Waals surface area (Å²) in [5.41, 5.74) is 0. The lowest BCUT2D eigenvalue weighted by Gasteiger charge is -1.97. The highest BCUT2D eigenvalue weighted by molar-refractivity contribution is 7.79. The summed E-state index contributed by atoms with van der Waals surface area (Å²) in [5.74, 6) is 0. The van der Waals surface area contributed by atoms with E-state index in [4.69, 9.17) is 17.5 Å². The van der Waals surface area contributed by atoms with Crippen molar-refractivity contribution in [2.45, 2.75) is 65.2 Å². The van der Waals surface area contributed by atoms with Crippen LogP contribution in [-0.2, 0) is 10.4 Å². The van der Waals surface area contributed by atoms with Crippen LogP contribution in [0.2, 0.25) is 0 Å². The molecular weight excluding hydrogens is 232 g/mol. The average Bonchev–Trinajstić information content (AvgIpc) is 2.08. The van der Waals surface area contributed by atoms with E-state index in [1.165, 1.54) is 51.4 Å². The Morgan fingerprint density at radius 1 is 0.750 bits per heavy atom. The van der Waals surface area contributed by atoms with Crippen LogP contribution in [0.4, 0.5) is 0 Å². The molecule has 102 valence electrons. The highest BCUT2D eigenvalue weighted by Gasteiger charge is 1.87. The zero-order valence-corrected chi connectivity index (χ0v) is 11.1. The molecule has 0 heterocycles. The molecule has 0 rings (SSSR count). The summed E-state index contributed by atoms with van der Waals surface area (Å²) >= 11 is 0. The highest BCUT2D eigenvalue weighted by Crippen LogP contribution is 2.07. The van der Waals surface area contributed by atoms with E-state index in [-0.39, 0.29) is 5.48 Å². The summed E-state index contributed by atoms with van der Waals surface area (Å²) in [5, 5.41) is 0. The standard InChI is InChI=1S/C10H22.H2O4S.H2O/c1-3-5-7-9-10-8-6-4-2;1-5(2,3)4;/h3-10H2,1-2H3;(H2,1,2,3,4);1H2. The van der Waals surface area contributed by atoms with E-state index in [9.17, 15) is 0 Å². The lowest BCUT2D eigenvalue weighted by atomic mass is 10.1. The van der Waals surface area contributed by atoms with Gasteiger partial charge in [0.25, 0.3) is 0 Å². The summed E-state index contributed by atoms with van der Waals surface area (Å²) in [7, 11) is -4.67. The van der Waals surface area contributed by atoms with Crippen molar-refractivity contribution in [3.05, 3.63) is 0 Å². The molecule has 6 heteroatoms. The molecule has 0 aromatic heterocycles. The Kier molecular flexibility index (Phi) is 19.6. The third-order valence-corrected chi connectivity index (χ3v) is 1.96. The van der Waals surface area contributed by atoms with Crippen molar-refractivity contribution >= 4 is 10.4 Å². The Balaban J connectivity index is -0.000000242. The van der Waals surface area contributed by atoms with E-state index in [1.807, 2.05) is 0 Å². The molecule has 0 radical (unpaired) electrons. The van der Waals surface area contributed by atoms with Gasteiger partial charge in [0.2, 0.25) is 0 Å². The fourth-order valence-corrected chi connectivity index (χ4v) is 1.21. The van der Waals surface area contributed by atoms with Gasteiger partial charge in [-0.05, 0) is 0 Å². The van der Waals surface area contributed by atoms with E-state index in [0.29, 0.717) is 0 Å². The van der Waals surface area contributed by atoms with E-state index >= 15 is 0 Å². The molecule has 0 aromatic carbocycles. The van der Waals surface area contributed by atoms with E-state index in [1.54, 1.807) is 0 Å². The van der Waals surface area contributed by atoms with Gasteiger partial charge >= 0.3 is 10.4 Å². The van der Waals surface area contributed by atoms with Gasteiger partial charge in [0.15, 0.2) is 0 Å². The maximum absolute atomic E-state index is 8.74. The fourth-order valence-electron chi connectivity index (χ4n) is 1.21. The summed E-state index contributed by atoms with van der Waals surface area (Å²) in [6, 6.07) is 0. The van der Waals surface area contributed by atoms with Gasteiger partial charge in [0.05, 0.1) is 0 Å². The monoisotopic (exact) mass is 258 g/mol. The first-order valence-electron chi connectivity index (χ1n) is 5.61.